The highest BCUT2D eigenvalue weighted by Gasteiger charge is 2.39. The van der Waals surface area contributed by atoms with Crippen LogP contribution in [0.5, 0.6) is 0 Å². The first-order chi connectivity index (χ1) is 12.6. The van der Waals surface area contributed by atoms with Gasteiger partial charge in [-0.25, -0.2) is 0 Å². The lowest BCUT2D eigenvalue weighted by Gasteiger charge is -2.29. The van der Waals surface area contributed by atoms with Gasteiger partial charge in [-0.3, -0.25) is 19.7 Å². The zero-order valence-electron chi connectivity index (χ0n) is 14.5. The zero-order valence-corrected chi connectivity index (χ0v) is 16.1. The SMILES string of the molecule is O=C1CCC(N2Cc3c(C#CCCCCCBr)cccc3C2=O)C(=O)N1. The van der Waals surface area contributed by atoms with E-state index >= 15 is 0 Å². The number of rotatable bonds is 5. The van der Waals surface area contributed by atoms with E-state index in [-0.39, 0.29) is 24.1 Å². The Labute approximate surface area is 161 Å². The second-order valence-electron chi connectivity index (χ2n) is 6.53. The fraction of sp³-hybridized carbons (Fsp3) is 0.450. The van der Waals surface area contributed by atoms with Crippen molar-refractivity contribution < 1.29 is 14.4 Å². The quantitative estimate of drug-likeness (QED) is 0.347. The average Bonchev–Trinajstić information content (AvgIpc) is 2.96. The first-order valence-electron chi connectivity index (χ1n) is 8.93. The molecule has 0 aliphatic carbocycles. The van der Waals surface area contributed by atoms with Gasteiger partial charge in [0, 0.05) is 35.8 Å². The molecule has 1 unspecified atom stereocenters. The molecule has 1 fully saturated rings. The van der Waals surface area contributed by atoms with Gasteiger partial charge in [0.15, 0.2) is 0 Å². The highest BCUT2D eigenvalue weighted by Crippen LogP contribution is 2.29. The molecule has 2 aliphatic heterocycles. The van der Waals surface area contributed by atoms with E-state index in [2.05, 4.69) is 33.1 Å². The molecule has 0 saturated carbocycles. The molecule has 1 N–H and O–H groups in total. The van der Waals surface area contributed by atoms with E-state index in [1.165, 1.54) is 0 Å². The van der Waals surface area contributed by atoms with Gasteiger partial charge in [0.25, 0.3) is 5.91 Å². The summed E-state index contributed by atoms with van der Waals surface area (Å²) in [5, 5.41) is 3.34. The number of amides is 3. The van der Waals surface area contributed by atoms with Crippen LogP contribution in [0.3, 0.4) is 0 Å². The van der Waals surface area contributed by atoms with E-state index in [9.17, 15) is 14.4 Å². The second kappa shape index (κ2) is 8.50. The molecule has 136 valence electrons. The van der Waals surface area contributed by atoms with Crippen molar-refractivity contribution in [3.8, 4) is 11.8 Å². The molecule has 0 aromatic heterocycles. The number of unbranched alkanes of at least 4 members (excludes halogenated alkanes) is 3. The van der Waals surface area contributed by atoms with E-state index in [1.54, 1.807) is 11.0 Å². The normalized spacial score (nSPS) is 19.0. The number of fused-ring (bicyclic) bond motifs is 1. The highest BCUT2D eigenvalue weighted by molar-refractivity contribution is 9.09. The molecule has 3 amide bonds. The Bertz CT molecular complexity index is 794. The third-order valence-electron chi connectivity index (χ3n) is 4.74. The Balaban J connectivity index is 1.72. The summed E-state index contributed by atoms with van der Waals surface area (Å²) in [6.45, 7) is 0.370. The van der Waals surface area contributed by atoms with Gasteiger partial charge in [0.05, 0.1) is 0 Å². The smallest absolute Gasteiger partial charge is 0.255 e. The lowest BCUT2D eigenvalue weighted by Crippen LogP contribution is -2.52. The van der Waals surface area contributed by atoms with E-state index in [0.717, 1.165) is 42.1 Å². The molecule has 2 heterocycles. The summed E-state index contributed by atoms with van der Waals surface area (Å²) in [4.78, 5) is 37.8. The Morgan fingerprint density at radius 3 is 2.81 bits per heavy atom. The minimum atomic E-state index is -0.585. The predicted molar refractivity (Wildman–Crippen MR) is 102 cm³/mol. The van der Waals surface area contributed by atoms with Gasteiger partial charge in [0.1, 0.15) is 6.04 Å². The van der Waals surface area contributed by atoms with Gasteiger partial charge in [-0.15, -0.1) is 0 Å². The van der Waals surface area contributed by atoms with Crippen LogP contribution in [-0.4, -0.2) is 34.0 Å². The van der Waals surface area contributed by atoms with Crippen molar-refractivity contribution in [1.29, 1.82) is 0 Å². The summed E-state index contributed by atoms with van der Waals surface area (Å²) in [6, 6.07) is 4.95. The number of hydrogen-bond acceptors (Lipinski definition) is 3. The van der Waals surface area contributed by atoms with E-state index < -0.39 is 6.04 Å². The molecule has 0 bridgehead atoms. The Hall–Kier alpha value is -2.13. The topological polar surface area (TPSA) is 66.5 Å². The Morgan fingerprint density at radius 1 is 1.19 bits per heavy atom. The van der Waals surface area contributed by atoms with Crippen molar-refractivity contribution in [3.05, 3.63) is 34.9 Å². The van der Waals surface area contributed by atoms with Crippen LogP contribution < -0.4 is 5.32 Å². The van der Waals surface area contributed by atoms with Crippen LogP contribution >= 0.6 is 15.9 Å². The summed E-state index contributed by atoms with van der Waals surface area (Å²) in [5.74, 6) is 5.56. The summed E-state index contributed by atoms with van der Waals surface area (Å²) in [5.41, 5.74) is 2.35. The number of halogens is 1. The third kappa shape index (κ3) is 3.99. The molecular formula is C20H21BrN2O3. The monoisotopic (exact) mass is 416 g/mol. The van der Waals surface area contributed by atoms with Gasteiger partial charge in [-0.2, -0.15) is 0 Å². The summed E-state index contributed by atoms with van der Waals surface area (Å²) >= 11 is 3.42. The van der Waals surface area contributed by atoms with Gasteiger partial charge in [0.2, 0.25) is 11.8 Å². The number of carbonyl (C=O) groups excluding carboxylic acids is 3. The zero-order chi connectivity index (χ0) is 18.5. The fourth-order valence-corrected chi connectivity index (χ4v) is 3.74. The number of piperidine rings is 1. The first-order valence-corrected chi connectivity index (χ1v) is 10.1. The van der Waals surface area contributed by atoms with Crippen LogP contribution in [0.15, 0.2) is 18.2 Å². The van der Waals surface area contributed by atoms with E-state index in [0.29, 0.717) is 18.5 Å². The molecule has 6 heteroatoms. The van der Waals surface area contributed by atoms with Crippen LogP contribution in [0.25, 0.3) is 0 Å². The largest absolute Gasteiger partial charge is 0.322 e. The first kappa shape index (κ1) is 18.7. The van der Waals surface area contributed by atoms with Crippen molar-refractivity contribution in [2.75, 3.05) is 5.33 Å². The average molecular weight is 417 g/mol. The predicted octanol–water partition coefficient (Wildman–Crippen LogP) is 2.75. The Kier molecular flexibility index (Phi) is 6.10. The highest BCUT2D eigenvalue weighted by atomic mass is 79.9. The minimum Gasteiger partial charge on any atom is -0.322 e. The standard InChI is InChI=1S/C20H21BrN2O3/c21-12-5-3-1-2-4-7-14-8-6-9-15-16(14)13-23(20(15)26)17-10-11-18(24)22-19(17)25/h6,8-9,17H,1-3,5,10-13H2,(H,22,24,25). The number of imide groups is 1. The molecular weight excluding hydrogens is 396 g/mol. The maximum absolute atomic E-state index is 12.7. The molecule has 2 aliphatic rings. The molecule has 5 nitrogen and oxygen atoms in total. The molecule has 0 spiro atoms. The van der Waals surface area contributed by atoms with Crippen molar-refractivity contribution in [1.82, 2.24) is 10.2 Å². The maximum Gasteiger partial charge on any atom is 0.255 e. The van der Waals surface area contributed by atoms with Crippen LogP contribution in [0.4, 0.5) is 0 Å². The van der Waals surface area contributed by atoms with E-state index in [4.69, 9.17) is 0 Å². The molecule has 1 atom stereocenters. The number of carbonyl (C=O) groups is 3. The number of nitrogens with one attached hydrogen (secondary N) is 1. The van der Waals surface area contributed by atoms with Crippen molar-refractivity contribution in [2.24, 2.45) is 0 Å². The lowest BCUT2D eigenvalue weighted by atomic mass is 10.0. The molecule has 0 radical (unpaired) electrons. The van der Waals surface area contributed by atoms with Gasteiger partial charge < -0.3 is 4.90 Å². The van der Waals surface area contributed by atoms with Gasteiger partial charge in [-0.1, -0.05) is 40.3 Å². The third-order valence-corrected chi connectivity index (χ3v) is 5.30. The Morgan fingerprint density at radius 2 is 2.04 bits per heavy atom. The summed E-state index contributed by atoms with van der Waals surface area (Å²) < 4.78 is 0. The van der Waals surface area contributed by atoms with Crippen LogP contribution in [0, 0.1) is 11.8 Å². The molecule has 1 saturated heterocycles. The number of nitrogens with zero attached hydrogens (tertiary/aromatic N) is 1. The van der Waals surface area contributed by atoms with Crippen molar-refractivity contribution in [3.63, 3.8) is 0 Å². The fourth-order valence-electron chi connectivity index (χ4n) is 3.35. The van der Waals surface area contributed by atoms with Crippen LogP contribution in [0.2, 0.25) is 0 Å². The minimum absolute atomic E-state index is 0.157. The van der Waals surface area contributed by atoms with E-state index in [1.807, 2.05) is 12.1 Å². The number of alkyl halides is 1. The lowest BCUT2D eigenvalue weighted by molar-refractivity contribution is -0.136. The number of hydrogen-bond donors (Lipinski definition) is 1. The van der Waals surface area contributed by atoms with Gasteiger partial charge in [-0.05, 0) is 37.0 Å². The van der Waals surface area contributed by atoms with Crippen molar-refractivity contribution >= 4 is 33.7 Å². The molecule has 1 aromatic carbocycles. The van der Waals surface area contributed by atoms with Crippen LogP contribution in [0.1, 0.15) is 60.0 Å². The van der Waals surface area contributed by atoms with Crippen molar-refractivity contribution in [2.45, 2.75) is 51.1 Å². The summed E-state index contributed by atoms with van der Waals surface area (Å²) in [7, 11) is 0. The molecule has 26 heavy (non-hydrogen) atoms. The van der Waals surface area contributed by atoms with Crippen LogP contribution in [-0.2, 0) is 16.1 Å². The maximum atomic E-state index is 12.7. The number of benzene rings is 1. The summed E-state index contributed by atoms with van der Waals surface area (Å²) in [6.07, 6.45) is 4.83. The molecule has 3 rings (SSSR count). The van der Waals surface area contributed by atoms with Gasteiger partial charge >= 0.3 is 0 Å². The molecule has 1 aromatic rings. The second-order valence-corrected chi connectivity index (χ2v) is 7.33.